The Morgan fingerprint density at radius 2 is 1.19 bits per heavy atom. The van der Waals surface area contributed by atoms with Crippen molar-refractivity contribution in [3.63, 3.8) is 0 Å². The summed E-state index contributed by atoms with van der Waals surface area (Å²) in [4.78, 5) is 0. The Labute approximate surface area is 101 Å². The molecule has 0 spiro atoms. The van der Waals surface area contributed by atoms with Crippen molar-refractivity contribution in [2.75, 3.05) is 0 Å². The molecule has 0 aromatic heterocycles. The monoisotopic (exact) mass is 224 g/mol. The average Bonchev–Trinajstić information content (AvgIpc) is 2.28. The zero-order valence-corrected chi connectivity index (χ0v) is 10.9. The first-order chi connectivity index (χ1) is 7.93. The molecule has 1 saturated carbocycles. The van der Waals surface area contributed by atoms with E-state index < -0.39 is 0 Å². The third kappa shape index (κ3) is 6.92. The molecule has 1 rings (SSSR count). The second-order valence-corrected chi connectivity index (χ2v) is 4.99. The highest BCUT2D eigenvalue weighted by Gasteiger charge is 2.08. The lowest BCUT2D eigenvalue weighted by molar-refractivity contribution is 0.120. The Kier molecular flexibility index (Phi) is 8.28. The molecule has 1 aliphatic carbocycles. The Morgan fingerprint density at radius 3 is 1.62 bits per heavy atom. The first kappa shape index (κ1) is 13.6. The third-order valence-corrected chi connectivity index (χ3v) is 3.46. The number of ether oxygens (including phenoxy) is 1. The zero-order chi connectivity index (χ0) is 11.5. The van der Waals surface area contributed by atoms with Crippen molar-refractivity contribution in [1.82, 2.24) is 0 Å². The minimum absolute atomic E-state index is 0.482. The standard InChI is InChI=1S/C15H28O/c1-2-14-16-15-12-10-8-6-4-3-5-7-9-11-13-15/h2,14-15H,3-13H2,1H3/b14-2-. The summed E-state index contributed by atoms with van der Waals surface area (Å²) < 4.78 is 5.76. The lowest BCUT2D eigenvalue weighted by atomic mass is 9.99. The van der Waals surface area contributed by atoms with Gasteiger partial charge in [0.1, 0.15) is 0 Å². The molecule has 1 heteroatoms. The van der Waals surface area contributed by atoms with Crippen molar-refractivity contribution < 1.29 is 4.74 Å². The van der Waals surface area contributed by atoms with Crippen molar-refractivity contribution in [3.8, 4) is 0 Å². The molecule has 0 heterocycles. The van der Waals surface area contributed by atoms with Crippen LogP contribution in [0.1, 0.15) is 77.6 Å². The van der Waals surface area contributed by atoms with Crippen LogP contribution in [0.4, 0.5) is 0 Å². The van der Waals surface area contributed by atoms with E-state index in [-0.39, 0.29) is 0 Å². The Bertz CT molecular complexity index is 162. The summed E-state index contributed by atoms with van der Waals surface area (Å²) in [5.74, 6) is 0. The summed E-state index contributed by atoms with van der Waals surface area (Å²) in [5.41, 5.74) is 0. The molecule has 0 amide bonds. The zero-order valence-electron chi connectivity index (χ0n) is 10.9. The van der Waals surface area contributed by atoms with Crippen molar-refractivity contribution >= 4 is 0 Å². The fourth-order valence-electron chi connectivity index (χ4n) is 2.45. The SMILES string of the molecule is C/C=C\OC1CCCCCCCCCCC1. The van der Waals surface area contributed by atoms with Gasteiger partial charge in [0.15, 0.2) is 0 Å². The molecule has 0 N–H and O–H groups in total. The van der Waals surface area contributed by atoms with Crippen LogP contribution in [0, 0.1) is 0 Å². The molecular weight excluding hydrogens is 196 g/mol. The molecule has 1 aliphatic rings. The summed E-state index contributed by atoms with van der Waals surface area (Å²) in [5, 5.41) is 0. The van der Waals surface area contributed by atoms with E-state index in [1.54, 1.807) is 0 Å². The normalized spacial score (nSPS) is 22.6. The van der Waals surface area contributed by atoms with E-state index in [0.29, 0.717) is 6.10 Å². The van der Waals surface area contributed by atoms with Crippen molar-refractivity contribution in [2.45, 2.75) is 83.7 Å². The Morgan fingerprint density at radius 1 is 0.750 bits per heavy atom. The van der Waals surface area contributed by atoms with Crippen LogP contribution in [0.3, 0.4) is 0 Å². The quantitative estimate of drug-likeness (QED) is 0.585. The van der Waals surface area contributed by atoms with Gasteiger partial charge in [0.25, 0.3) is 0 Å². The fourth-order valence-corrected chi connectivity index (χ4v) is 2.45. The van der Waals surface area contributed by atoms with Crippen LogP contribution in [0.2, 0.25) is 0 Å². The van der Waals surface area contributed by atoms with Gasteiger partial charge in [-0.1, -0.05) is 51.0 Å². The van der Waals surface area contributed by atoms with Crippen LogP contribution in [-0.4, -0.2) is 6.10 Å². The molecule has 94 valence electrons. The largest absolute Gasteiger partial charge is 0.498 e. The summed E-state index contributed by atoms with van der Waals surface area (Å²) in [6, 6.07) is 0. The molecule has 0 atom stereocenters. The summed E-state index contributed by atoms with van der Waals surface area (Å²) in [6.45, 7) is 2.02. The molecular formula is C15H28O. The van der Waals surface area contributed by atoms with Gasteiger partial charge in [0.2, 0.25) is 0 Å². The van der Waals surface area contributed by atoms with E-state index in [4.69, 9.17) is 4.74 Å². The first-order valence-electron chi connectivity index (χ1n) is 7.20. The van der Waals surface area contributed by atoms with E-state index in [2.05, 4.69) is 0 Å². The van der Waals surface area contributed by atoms with Gasteiger partial charge in [-0.2, -0.15) is 0 Å². The lowest BCUT2D eigenvalue weighted by Crippen LogP contribution is -2.10. The van der Waals surface area contributed by atoms with Gasteiger partial charge in [0.05, 0.1) is 12.4 Å². The van der Waals surface area contributed by atoms with Gasteiger partial charge < -0.3 is 4.74 Å². The van der Waals surface area contributed by atoms with Crippen LogP contribution >= 0.6 is 0 Å². The van der Waals surface area contributed by atoms with E-state index in [1.165, 1.54) is 70.6 Å². The molecule has 16 heavy (non-hydrogen) atoms. The number of allylic oxidation sites excluding steroid dienone is 1. The summed E-state index contributed by atoms with van der Waals surface area (Å²) in [7, 11) is 0. The van der Waals surface area contributed by atoms with E-state index >= 15 is 0 Å². The maximum Gasteiger partial charge on any atom is 0.0978 e. The van der Waals surface area contributed by atoms with Crippen LogP contribution in [0.25, 0.3) is 0 Å². The van der Waals surface area contributed by atoms with Crippen LogP contribution in [-0.2, 0) is 4.74 Å². The van der Waals surface area contributed by atoms with Gasteiger partial charge in [0, 0.05) is 0 Å². The minimum atomic E-state index is 0.482. The molecule has 0 saturated heterocycles. The van der Waals surface area contributed by atoms with Gasteiger partial charge >= 0.3 is 0 Å². The smallest absolute Gasteiger partial charge is 0.0978 e. The van der Waals surface area contributed by atoms with E-state index in [1.807, 2.05) is 19.3 Å². The van der Waals surface area contributed by atoms with Gasteiger partial charge in [-0.15, -0.1) is 0 Å². The predicted octanol–water partition coefficient (Wildman–Crippen LogP) is 5.21. The Hall–Kier alpha value is -0.460. The topological polar surface area (TPSA) is 9.23 Å². The van der Waals surface area contributed by atoms with E-state index in [0.717, 1.165) is 0 Å². The molecule has 0 unspecified atom stereocenters. The van der Waals surface area contributed by atoms with Crippen molar-refractivity contribution in [3.05, 3.63) is 12.3 Å². The third-order valence-electron chi connectivity index (χ3n) is 3.46. The number of hydrogen-bond acceptors (Lipinski definition) is 1. The molecule has 0 aromatic carbocycles. The van der Waals surface area contributed by atoms with Crippen LogP contribution in [0.5, 0.6) is 0 Å². The fraction of sp³-hybridized carbons (Fsp3) is 0.867. The molecule has 1 nitrogen and oxygen atoms in total. The highest BCUT2D eigenvalue weighted by Crippen LogP contribution is 2.18. The average molecular weight is 224 g/mol. The second-order valence-electron chi connectivity index (χ2n) is 4.99. The highest BCUT2D eigenvalue weighted by molar-refractivity contribution is 4.70. The molecule has 0 bridgehead atoms. The number of rotatable bonds is 2. The van der Waals surface area contributed by atoms with E-state index in [9.17, 15) is 0 Å². The van der Waals surface area contributed by atoms with Crippen molar-refractivity contribution in [1.29, 1.82) is 0 Å². The maximum atomic E-state index is 5.76. The molecule has 0 radical (unpaired) electrons. The van der Waals surface area contributed by atoms with Gasteiger partial charge in [-0.25, -0.2) is 0 Å². The lowest BCUT2D eigenvalue weighted by Gasteiger charge is -2.17. The first-order valence-corrected chi connectivity index (χ1v) is 7.20. The molecule has 0 aromatic rings. The summed E-state index contributed by atoms with van der Waals surface area (Å²) >= 11 is 0. The predicted molar refractivity (Wildman–Crippen MR) is 70.5 cm³/mol. The highest BCUT2D eigenvalue weighted by atomic mass is 16.5. The van der Waals surface area contributed by atoms with Crippen molar-refractivity contribution in [2.24, 2.45) is 0 Å². The minimum Gasteiger partial charge on any atom is -0.498 e. The maximum absolute atomic E-state index is 5.76. The number of hydrogen-bond donors (Lipinski definition) is 0. The molecule has 0 aliphatic heterocycles. The molecule has 1 fully saturated rings. The van der Waals surface area contributed by atoms with Crippen LogP contribution in [0.15, 0.2) is 12.3 Å². The summed E-state index contributed by atoms with van der Waals surface area (Å²) in [6.07, 6.45) is 19.6. The van der Waals surface area contributed by atoms with Crippen LogP contribution < -0.4 is 0 Å². The second kappa shape index (κ2) is 9.74. The Balaban J connectivity index is 2.24. The van der Waals surface area contributed by atoms with Gasteiger partial charge in [-0.3, -0.25) is 0 Å². The van der Waals surface area contributed by atoms with Gasteiger partial charge in [-0.05, 0) is 32.6 Å².